The van der Waals surface area contributed by atoms with Gasteiger partial charge in [0.05, 0.1) is 0 Å². The Morgan fingerprint density at radius 1 is 0.484 bits per heavy atom. The van der Waals surface area contributed by atoms with Gasteiger partial charge in [-0.1, -0.05) is 97.1 Å². The summed E-state index contributed by atoms with van der Waals surface area (Å²) in [5.74, 6) is 0. The van der Waals surface area contributed by atoms with E-state index < -0.39 is 7.12 Å². The molecule has 31 heavy (non-hydrogen) atoms. The van der Waals surface area contributed by atoms with Crippen LogP contribution in [-0.4, -0.2) is 17.2 Å². The van der Waals surface area contributed by atoms with Gasteiger partial charge in [-0.05, 0) is 65.7 Å². The maximum Gasteiger partial charge on any atom is 0.489 e. The fourth-order valence-electron chi connectivity index (χ4n) is 4.90. The molecule has 3 heteroatoms. The highest BCUT2D eigenvalue weighted by Gasteiger charge is 2.23. The summed E-state index contributed by atoms with van der Waals surface area (Å²) in [5.41, 5.74) is 2.80. The number of hydrogen-bond donors (Lipinski definition) is 2. The molecule has 0 aromatic heterocycles. The van der Waals surface area contributed by atoms with Crippen molar-refractivity contribution in [3.05, 3.63) is 103 Å². The van der Waals surface area contributed by atoms with Gasteiger partial charge < -0.3 is 10.0 Å². The van der Waals surface area contributed by atoms with Crippen molar-refractivity contribution in [1.82, 2.24) is 0 Å². The zero-order valence-corrected chi connectivity index (χ0v) is 16.8. The lowest BCUT2D eigenvalue weighted by atomic mass is 9.71. The molecular weight excluding hydrogens is 379 g/mol. The highest BCUT2D eigenvalue weighted by atomic mass is 16.4. The average molecular weight is 398 g/mol. The number of fused-ring (bicyclic) bond motifs is 5. The topological polar surface area (TPSA) is 40.5 Å². The quantitative estimate of drug-likeness (QED) is 0.225. The van der Waals surface area contributed by atoms with E-state index in [9.17, 15) is 10.0 Å². The Morgan fingerprint density at radius 3 is 1.87 bits per heavy atom. The molecule has 146 valence electrons. The molecule has 6 aromatic carbocycles. The average Bonchev–Trinajstić information content (AvgIpc) is 2.81. The van der Waals surface area contributed by atoms with Gasteiger partial charge >= 0.3 is 7.12 Å². The standard InChI is InChI=1S/C28H19BO2/c30-29(31)28-24-12-6-5-11-23(24)26(21-14-13-18-7-1-2-9-20(18)17-21)27-22-10-4-3-8-19(22)15-16-25(27)28/h1-17,30-31H. The van der Waals surface area contributed by atoms with Gasteiger partial charge in [-0.15, -0.1) is 0 Å². The molecule has 0 heterocycles. The molecular formula is C28H19BO2. The third-order valence-corrected chi connectivity index (χ3v) is 6.25. The van der Waals surface area contributed by atoms with Crippen LogP contribution in [0.25, 0.3) is 54.2 Å². The molecule has 0 bridgehead atoms. The number of hydrogen-bond acceptors (Lipinski definition) is 2. The molecule has 0 fully saturated rings. The Bertz CT molecular complexity index is 1620. The monoisotopic (exact) mass is 398 g/mol. The van der Waals surface area contributed by atoms with Crippen LogP contribution in [0.5, 0.6) is 0 Å². The van der Waals surface area contributed by atoms with E-state index in [0.29, 0.717) is 5.46 Å². The van der Waals surface area contributed by atoms with Gasteiger partial charge in [-0.3, -0.25) is 0 Å². The molecule has 0 atom stereocenters. The van der Waals surface area contributed by atoms with Crippen LogP contribution in [0, 0.1) is 0 Å². The Balaban J connectivity index is 1.89. The summed E-state index contributed by atoms with van der Waals surface area (Å²) in [6.07, 6.45) is 0. The molecule has 0 radical (unpaired) electrons. The second-order valence-corrected chi connectivity index (χ2v) is 7.98. The fraction of sp³-hybridized carbons (Fsp3) is 0. The maximum atomic E-state index is 10.4. The first-order valence-electron chi connectivity index (χ1n) is 10.4. The van der Waals surface area contributed by atoms with Crippen molar-refractivity contribution < 1.29 is 10.0 Å². The van der Waals surface area contributed by atoms with E-state index in [4.69, 9.17) is 0 Å². The minimum Gasteiger partial charge on any atom is -0.423 e. The van der Waals surface area contributed by atoms with E-state index in [0.717, 1.165) is 43.4 Å². The Labute approximate surface area is 180 Å². The molecule has 0 unspecified atom stereocenters. The van der Waals surface area contributed by atoms with Crippen molar-refractivity contribution in [2.45, 2.75) is 0 Å². The molecule has 0 saturated heterocycles. The summed E-state index contributed by atoms with van der Waals surface area (Å²) in [7, 11) is -1.56. The van der Waals surface area contributed by atoms with Crippen molar-refractivity contribution >= 4 is 55.7 Å². The van der Waals surface area contributed by atoms with Gasteiger partial charge in [0.25, 0.3) is 0 Å². The van der Waals surface area contributed by atoms with Crippen molar-refractivity contribution in [2.75, 3.05) is 0 Å². The van der Waals surface area contributed by atoms with Gasteiger partial charge in [0, 0.05) is 0 Å². The van der Waals surface area contributed by atoms with E-state index in [1.807, 2.05) is 36.4 Å². The normalized spacial score (nSPS) is 11.5. The molecule has 0 amide bonds. The van der Waals surface area contributed by atoms with Gasteiger partial charge in [0.2, 0.25) is 0 Å². The van der Waals surface area contributed by atoms with Crippen LogP contribution < -0.4 is 5.46 Å². The van der Waals surface area contributed by atoms with Crippen LogP contribution in [0.2, 0.25) is 0 Å². The van der Waals surface area contributed by atoms with E-state index in [2.05, 4.69) is 66.7 Å². The Hall–Kier alpha value is -3.66. The summed E-state index contributed by atoms with van der Waals surface area (Å²) in [6, 6.07) is 35.3. The first-order valence-corrected chi connectivity index (χ1v) is 10.4. The zero-order chi connectivity index (χ0) is 20.9. The Kier molecular flexibility index (Phi) is 4.07. The van der Waals surface area contributed by atoms with E-state index >= 15 is 0 Å². The Morgan fingerprint density at radius 2 is 1.10 bits per heavy atom. The molecule has 2 nitrogen and oxygen atoms in total. The fourth-order valence-corrected chi connectivity index (χ4v) is 4.90. The molecule has 0 saturated carbocycles. The molecule has 6 aromatic rings. The minimum absolute atomic E-state index is 0.556. The van der Waals surface area contributed by atoms with Gasteiger partial charge in [0.15, 0.2) is 0 Å². The van der Waals surface area contributed by atoms with Crippen LogP contribution in [0.4, 0.5) is 0 Å². The molecule has 0 aliphatic heterocycles. The SMILES string of the molecule is OB(O)c1c2ccccc2c(-c2ccc3ccccc3c2)c2c1ccc1ccccc12. The van der Waals surface area contributed by atoms with E-state index in [-0.39, 0.29) is 0 Å². The van der Waals surface area contributed by atoms with Crippen LogP contribution >= 0.6 is 0 Å². The number of benzene rings is 6. The number of rotatable bonds is 2. The van der Waals surface area contributed by atoms with Crippen molar-refractivity contribution in [2.24, 2.45) is 0 Å². The van der Waals surface area contributed by atoms with Crippen LogP contribution in [0.15, 0.2) is 103 Å². The highest BCUT2D eigenvalue weighted by molar-refractivity contribution is 6.66. The van der Waals surface area contributed by atoms with Gasteiger partial charge in [-0.25, -0.2) is 0 Å². The van der Waals surface area contributed by atoms with Crippen molar-refractivity contribution in [3.63, 3.8) is 0 Å². The smallest absolute Gasteiger partial charge is 0.423 e. The van der Waals surface area contributed by atoms with E-state index in [1.165, 1.54) is 10.8 Å². The second kappa shape index (κ2) is 6.95. The first-order chi connectivity index (χ1) is 15.2. The van der Waals surface area contributed by atoms with Crippen molar-refractivity contribution in [1.29, 1.82) is 0 Å². The van der Waals surface area contributed by atoms with Crippen LogP contribution in [0.1, 0.15) is 0 Å². The third-order valence-electron chi connectivity index (χ3n) is 6.25. The van der Waals surface area contributed by atoms with Crippen LogP contribution in [-0.2, 0) is 0 Å². The lowest BCUT2D eigenvalue weighted by Gasteiger charge is -2.19. The van der Waals surface area contributed by atoms with Gasteiger partial charge in [0.1, 0.15) is 0 Å². The summed E-state index contributed by atoms with van der Waals surface area (Å²) in [5, 5.41) is 29.1. The summed E-state index contributed by atoms with van der Waals surface area (Å²) < 4.78 is 0. The lowest BCUT2D eigenvalue weighted by molar-refractivity contribution is 0.426. The summed E-state index contributed by atoms with van der Waals surface area (Å²) >= 11 is 0. The minimum atomic E-state index is -1.56. The third kappa shape index (κ3) is 2.75. The van der Waals surface area contributed by atoms with Crippen molar-refractivity contribution in [3.8, 4) is 11.1 Å². The molecule has 6 rings (SSSR count). The molecule has 0 aliphatic rings. The summed E-state index contributed by atoms with van der Waals surface area (Å²) in [4.78, 5) is 0. The highest BCUT2D eigenvalue weighted by Crippen LogP contribution is 2.40. The van der Waals surface area contributed by atoms with Crippen LogP contribution in [0.3, 0.4) is 0 Å². The zero-order valence-electron chi connectivity index (χ0n) is 16.8. The molecule has 0 aliphatic carbocycles. The largest absolute Gasteiger partial charge is 0.489 e. The molecule has 2 N–H and O–H groups in total. The predicted octanol–water partition coefficient (Wildman–Crippen LogP) is 5.65. The first kappa shape index (κ1) is 18.1. The molecule has 0 spiro atoms. The van der Waals surface area contributed by atoms with E-state index in [1.54, 1.807) is 0 Å². The van der Waals surface area contributed by atoms with Gasteiger partial charge in [-0.2, -0.15) is 0 Å². The second-order valence-electron chi connectivity index (χ2n) is 7.98. The summed E-state index contributed by atoms with van der Waals surface area (Å²) in [6.45, 7) is 0. The lowest BCUT2D eigenvalue weighted by Crippen LogP contribution is -2.31. The predicted molar refractivity (Wildman–Crippen MR) is 132 cm³/mol. The maximum absolute atomic E-state index is 10.4.